The van der Waals surface area contributed by atoms with E-state index in [1.807, 2.05) is 11.9 Å². The van der Waals surface area contributed by atoms with Crippen LogP contribution in [0.1, 0.15) is 19.0 Å². The third-order valence-corrected chi connectivity index (χ3v) is 2.85. The predicted octanol–water partition coefficient (Wildman–Crippen LogP) is 0.400. The van der Waals surface area contributed by atoms with Gasteiger partial charge in [-0.05, 0) is 6.42 Å². The number of aryl methyl sites for hydroxylation is 2. The summed E-state index contributed by atoms with van der Waals surface area (Å²) in [6.45, 7) is 3.99. The zero-order valence-electron chi connectivity index (χ0n) is 11.5. The minimum atomic E-state index is 0.0808. The summed E-state index contributed by atoms with van der Waals surface area (Å²) in [5.41, 5.74) is 7.78. The molecular formula is C12H24N4O2. The van der Waals surface area contributed by atoms with Crippen molar-refractivity contribution in [1.29, 1.82) is 0 Å². The first-order valence-corrected chi connectivity index (χ1v) is 6.31. The number of nitrogen functional groups attached to an aromatic ring is 1. The van der Waals surface area contributed by atoms with Crippen LogP contribution in [0.3, 0.4) is 0 Å². The van der Waals surface area contributed by atoms with Crippen LogP contribution in [0.25, 0.3) is 0 Å². The van der Waals surface area contributed by atoms with Crippen molar-refractivity contribution in [3.63, 3.8) is 0 Å². The van der Waals surface area contributed by atoms with Crippen molar-refractivity contribution in [2.24, 2.45) is 7.05 Å². The summed E-state index contributed by atoms with van der Waals surface area (Å²) in [7, 11) is 3.54. The van der Waals surface area contributed by atoms with E-state index >= 15 is 0 Å². The Bertz CT molecular complexity index is 365. The first-order valence-electron chi connectivity index (χ1n) is 6.31. The number of ether oxygens (including phenoxy) is 1. The highest BCUT2D eigenvalue weighted by molar-refractivity contribution is 5.66. The van der Waals surface area contributed by atoms with Crippen LogP contribution in [0.15, 0.2) is 0 Å². The van der Waals surface area contributed by atoms with E-state index in [9.17, 15) is 0 Å². The Morgan fingerprint density at radius 3 is 2.72 bits per heavy atom. The molecule has 0 fully saturated rings. The molecule has 6 nitrogen and oxygen atoms in total. The van der Waals surface area contributed by atoms with E-state index < -0.39 is 0 Å². The number of anilines is 2. The van der Waals surface area contributed by atoms with E-state index in [0.29, 0.717) is 25.4 Å². The summed E-state index contributed by atoms with van der Waals surface area (Å²) in [5, 5.41) is 13.6. The predicted molar refractivity (Wildman–Crippen MR) is 72.8 cm³/mol. The Labute approximate surface area is 108 Å². The Hall–Kier alpha value is -1.27. The molecule has 1 aromatic rings. The maximum Gasteiger partial charge on any atom is 0.150 e. The third-order valence-electron chi connectivity index (χ3n) is 2.85. The molecule has 0 aliphatic rings. The summed E-state index contributed by atoms with van der Waals surface area (Å²) >= 11 is 0. The molecule has 0 unspecified atom stereocenters. The molecule has 104 valence electrons. The molecule has 0 amide bonds. The molecule has 3 N–H and O–H groups in total. The summed E-state index contributed by atoms with van der Waals surface area (Å²) in [4.78, 5) is 2.00. The van der Waals surface area contributed by atoms with Crippen molar-refractivity contribution >= 4 is 11.5 Å². The van der Waals surface area contributed by atoms with Gasteiger partial charge in [-0.25, -0.2) is 0 Å². The van der Waals surface area contributed by atoms with E-state index in [1.54, 1.807) is 11.8 Å². The number of methoxy groups -OCH3 is 1. The Kier molecular flexibility index (Phi) is 5.94. The number of aromatic nitrogens is 2. The van der Waals surface area contributed by atoms with Gasteiger partial charge in [-0.3, -0.25) is 4.68 Å². The molecule has 0 bridgehead atoms. The highest BCUT2D eigenvalue weighted by Gasteiger charge is 2.18. The van der Waals surface area contributed by atoms with Gasteiger partial charge in [-0.15, -0.1) is 0 Å². The molecule has 1 heterocycles. The fourth-order valence-electron chi connectivity index (χ4n) is 2.03. The fraction of sp³-hybridized carbons (Fsp3) is 0.750. The van der Waals surface area contributed by atoms with Gasteiger partial charge >= 0.3 is 0 Å². The number of rotatable bonds is 8. The van der Waals surface area contributed by atoms with Crippen LogP contribution in [-0.4, -0.2) is 48.3 Å². The Morgan fingerprint density at radius 1 is 1.44 bits per heavy atom. The second-order valence-corrected chi connectivity index (χ2v) is 4.26. The topological polar surface area (TPSA) is 76.5 Å². The summed E-state index contributed by atoms with van der Waals surface area (Å²) in [5.74, 6) is 0.865. The quantitative estimate of drug-likeness (QED) is 0.704. The van der Waals surface area contributed by atoms with Gasteiger partial charge in [0.25, 0.3) is 0 Å². The molecule has 6 heteroatoms. The lowest BCUT2D eigenvalue weighted by Gasteiger charge is -2.23. The van der Waals surface area contributed by atoms with Gasteiger partial charge in [0.15, 0.2) is 5.82 Å². The first kappa shape index (κ1) is 14.8. The van der Waals surface area contributed by atoms with E-state index in [4.69, 9.17) is 15.6 Å². The SMILES string of the molecule is CCCc1nn(C)c(N(CCO)CCOC)c1N. The standard InChI is InChI=1S/C12H24N4O2/c1-4-5-10-11(13)12(15(2)14-10)16(6-8-17)7-9-18-3/h17H,4-9,13H2,1-3H3. The summed E-state index contributed by atoms with van der Waals surface area (Å²) in [6, 6.07) is 0. The van der Waals surface area contributed by atoms with Crippen molar-refractivity contribution in [3.8, 4) is 0 Å². The van der Waals surface area contributed by atoms with E-state index in [0.717, 1.165) is 24.4 Å². The Morgan fingerprint density at radius 2 is 2.17 bits per heavy atom. The van der Waals surface area contributed by atoms with Crippen LogP contribution in [0, 0.1) is 0 Å². The number of hydrogen-bond donors (Lipinski definition) is 2. The van der Waals surface area contributed by atoms with Gasteiger partial charge in [0.2, 0.25) is 0 Å². The molecule has 0 saturated carbocycles. The number of aliphatic hydroxyl groups excluding tert-OH is 1. The molecule has 0 atom stereocenters. The largest absolute Gasteiger partial charge is 0.395 e. The zero-order valence-corrected chi connectivity index (χ0v) is 11.5. The third kappa shape index (κ3) is 3.36. The van der Waals surface area contributed by atoms with Gasteiger partial charge in [-0.1, -0.05) is 13.3 Å². The maximum absolute atomic E-state index is 9.14. The van der Waals surface area contributed by atoms with Gasteiger partial charge in [-0.2, -0.15) is 5.10 Å². The number of nitrogens with two attached hydrogens (primary N) is 1. The molecule has 1 rings (SSSR count). The Balaban J connectivity index is 2.95. The molecule has 0 spiro atoms. The molecule has 0 radical (unpaired) electrons. The first-order chi connectivity index (χ1) is 8.65. The molecule has 0 aliphatic heterocycles. The average molecular weight is 256 g/mol. The summed E-state index contributed by atoms with van der Waals surface area (Å²) in [6.07, 6.45) is 1.88. The van der Waals surface area contributed by atoms with E-state index in [1.165, 1.54) is 0 Å². The molecule has 18 heavy (non-hydrogen) atoms. The van der Waals surface area contributed by atoms with Crippen molar-refractivity contribution < 1.29 is 9.84 Å². The van der Waals surface area contributed by atoms with E-state index in [2.05, 4.69) is 12.0 Å². The number of aliphatic hydroxyl groups is 1. The second-order valence-electron chi connectivity index (χ2n) is 4.26. The van der Waals surface area contributed by atoms with Crippen LogP contribution in [-0.2, 0) is 18.2 Å². The lowest BCUT2D eigenvalue weighted by molar-refractivity contribution is 0.202. The molecule has 0 aliphatic carbocycles. The van der Waals surface area contributed by atoms with Crippen molar-refractivity contribution in [2.45, 2.75) is 19.8 Å². The summed E-state index contributed by atoms with van der Waals surface area (Å²) < 4.78 is 6.86. The van der Waals surface area contributed by atoms with Crippen molar-refractivity contribution in [2.75, 3.05) is 44.0 Å². The van der Waals surface area contributed by atoms with Gasteiger partial charge in [0.1, 0.15) is 0 Å². The fourth-order valence-corrected chi connectivity index (χ4v) is 2.03. The highest BCUT2D eigenvalue weighted by Crippen LogP contribution is 2.26. The van der Waals surface area contributed by atoms with Crippen LogP contribution < -0.4 is 10.6 Å². The smallest absolute Gasteiger partial charge is 0.150 e. The van der Waals surface area contributed by atoms with Crippen molar-refractivity contribution in [1.82, 2.24) is 9.78 Å². The van der Waals surface area contributed by atoms with Gasteiger partial charge in [0, 0.05) is 27.2 Å². The monoisotopic (exact) mass is 256 g/mol. The minimum absolute atomic E-state index is 0.0808. The van der Waals surface area contributed by atoms with Crippen LogP contribution in [0.4, 0.5) is 11.5 Å². The van der Waals surface area contributed by atoms with Gasteiger partial charge < -0.3 is 20.5 Å². The average Bonchev–Trinajstić information content (AvgIpc) is 2.61. The number of hydrogen-bond acceptors (Lipinski definition) is 5. The molecule has 0 saturated heterocycles. The van der Waals surface area contributed by atoms with E-state index in [-0.39, 0.29) is 6.61 Å². The zero-order chi connectivity index (χ0) is 13.5. The van der Waals surface area contributed by atoms with Crippen LogP contribution in [0.5, 0.6) is 0 Å². The lowest BCUT2D eigenvalue weighted by atomic mass is 10.2. The minimum Gasteiger partial charge on any atom is -0.395 e. The lowest BCUT2D eigenvalue weighted by Crippen LogP contribution is -2.32. The maximum atomic E-state index is 9.14. The molecule has 0 aromatic carbocycles. The highest BCUT2D eigenvalue weighted by atomic mass is 16.5. The van der Waals surface area contributed by atoms with Crippen molar-refractivity contribution in [3.05, 3.63) is 5.69 Å². The van der Waals surface area contributed by atoms with Crippen LogP contribution in [0.2, 0.25) is 0 Å². The molecule has 1 aromatic heterocycles. The molecular weight excluding hydrogens is 232 g/mol. The number of nitrogens with zero attached hydrogens (tertiary/aromatic N) is 3. The van der Waals surface area contributed by atoms with Gasteiger partial charge in [0.05, 0.1) is 24.6 Å². The normalized spacial score (nSPS) is 10.9. The van der Waals surface area contributed by atoms with Crippen LogP contribution >= 0.6 is 0 Å². The second kappa shape index (κ2) is 7.23.